The van der Waals surface area contributed by atoms with Crippen LogP contribution in [0.3, 0.4) is 0 Å². The van der Waals surface area contributed by atoms with Crippen molar-refractivity contribution in [2.45, 2.75) is 19.3 Å². The molecule has 1 saturated heterocycles. The number of hydrogen-bond acceptors (Lipinski definition) is 5. The molecular formula is C24H23ClN4O2. The summed E-state index contributed by atoms with van der Waals surface area (Å²) in [6.07, 6.45) is 4.17. The Labute approximate surface area is 185 Å². The first-order chi connectivity index (χ1) is 15.2. The van der Waals surface area contributed by atoms with E-state index in [1.807, 2.05) is 48.5 Å². The zero-order valence-electron chi connectivity index (χ0n) is 17.1. The standard InChI is InChI=1S/C24H23ClN4O2/c25-18-9-7-16(8-10-18)11-12-26-24(30)17-4-3-13-29(14-17)23-22-21(27-15-28-23)19-5-1-2-6-20(19)31-22/h1-2,5-10,15,17H,3-4,11-14H2,(H,26,30)/t17-/m1/s1. The molecule has 31 heavy (non-hydrogen) atoms. The lowest BCUT2D eigenvalue weighted by Crippen LogP contribution is -2.43. The number of nitrogens with zero attached hydrogens (tertiary/aromatic N) is 3. The number of piperidine rings is 1. The van der Waals surface area contributed by atoms with Crippen molar-refractivity contribution in [2.75, 3.05) is 24.5 Å². The third kappa shape index (κ3) is 4.08. The lowest BCUT2D eigenvalue weighted by Gasteiger charge is -2.32. The van der Waals surface area contributed by atoms with E-state index in [4.69, 9.17) is 16.0 Å². The molecule has 1 amide bonds. The first-order valence-electron chi connectivity index (χ1n) is 10.6. The normalized spacial score (nSPS) is 16.7. The second kappa shape index (κ2) is 8.55. The summed E-state index contributed by atoms with van der Waals surface area (Å²) in [5.74, 6) is 0.779. The number of carbonyl (C=O) groups is 1. The van der Waals surface area contributed by atoms with Crippen LogP contribution < -0.4 is 10.2 Å². The Bertz CT molecular complexity index is 1220. The van der Waals surface area contributed by atoms with E-state index < -0.39 is 0 Å². The number of benzene rings is 2. The van der Waals surface area contributed by atoms with E-state index in [2.05, 4.69) is 20.2 Å². The molecule has 0 bridgehead atoms. The van der Waals surface area contributed by atoms with Crippen LogP contribution in [-0.4, -0.2) is 35.5 Å². The summed E-state index contributed by atoms with van der Waals surface area (Å²) in [5.41, 5.74) is 3.46. The van der Waals surface area contributed by atoms with E-state index in [-0.39, 0.29) is 11.8 Å². The molecule has 2 aromatic heterocycles. The molecule has 2 aromatic carbocycles. The SMILES string of the molecule is O=C(NCCc1ccc(Cl)cc1)[C@@H]1CCCN(c2ncnc3c2oc2ccccc23)C1. The minimum Gasteiger partial charge on any atom is -0.450 e. The molecule has 6 nitrogen and oxygen atoms in total. The number of furan rings is 1. The fourth-order valence-corrected chi connectivity index (χ4v) is 4.37. The molecule has 1 N–H and O–H groups in total. The van der Waals surface area contributed by atoms with Crippen LogP contribution in [0.5, 0.6) is 0 Å². The van der Waals surface area contributed by atoms with Crippen molar-refractivity contribution >= 4 is 45.4 Å². The Hall–Kier alpha value is -3.12. The lowest BCUT2D eigenvalue weighted by atomic mass is 9.97. The van der Waals surface area contributed by atoms with Crippen molar-refractivity contribution in [1.82, 2.24) is 15.3 Å². The molecule has 0 spiro atoms. The van der Waals surface area contributed by atoms with Gasteiger partial charge in [-0.3, -0.25) is 4.79 Å². The van der Waals surface area contributed by atoms with Gasteiger partial charge >= 0.3 is 0 Å². The van der Waals surface area contributed by atoms with E-state index in [1.165, 1.54) is 0 Å². The summed E-state index contributed by atoms with van der Waals surface area (Å²) >= 11 is 5.93. The van der Waals surface area contributed by atoms with E-state index >= 15 is 0 Å². The third-order valence-electron chi connectivity index (χ3n) is 5.86. The van der Waals surface area contributed by atoms with E-state index in [0.29, 0.717) is 18.7 Å². The van der Waals surface area contributed by atoms with Gasteiger partial charge in [-0.2, -0.15) is 0 Å². The number of fused-ring (bicyclic) bond motifs is 3. The van der Waals surface area contributed by atoms with Crippen LogP contribution in [0.1, 0.15) is 18.4 Å². The van der Waals surface area contributed by atoms with Gasteiger partial charge in [0.2, 0.25) is 5.91 Å². The van der Waals surface area contributed by atoms with Crippen LogP contribution in [0.15, 0.2) is 59.3 Å². The topological polar surface area (TPSA) is 71.3 Å². The fraction of sp³-hybridized carbons (Fsp3) is 0.292. The summed E-state index contributed by atoms with van der Waals surface area (Å²) in [5, 5.41) is 4.79. The first-order valence-corrected chi connectivity index (χ1v) is 11.0. The summed E-state index contributed by atoms with van der Waals surface area (Å²) < 4.78 is 6.08. The van der Waals surface area contributed by atoms with E-state index in [0.717, 1.165) is 58.7 Å². The molecule has 1 aliphatic heterocycles. The molecule has 5 rings (SSSR count). The lowest BCUT2D eigenvalue weighted by molar-refractivity contribution is -0.125. The Morgan fingerprint density at radius 3 is 2.87 bits per heavy atom. The molecule has 4 aromatic rings. The number of amides is 1. The molecule has 7 heteroatoms. The molecule has 0 aliphatic carbocycles. The molecule has 3 heterocycles. The predicted octanol–water partition coefficient (Wildman–Crippen LogP) is 4.60. The molecule has 158 valence electrons. The minimum absolute atomic E-state index is 0.0756. The van der Waals surface area contributed by atoms with Crippen LogP contribution in [0, 0.1) is 5.92 Å². The van der Waals surface area contributed by atoms with Crippen molar-refractivity contribution in [3.8, 4) is 0 Å². The number of rotatable bonds is 5. The number of anilines is 1. The van der Waals surface area contributed by atoms with Gasteiger partial charge in [0, 0.05) is 30.0 Å². The quantitative estimate of drug-likeness (QED) is 0.496. The number of hydrogen-bond donors (Lipinski definition) is 1. The van der Waals surface area contributed by atoms with Crippen LogP contribution in [0.2, 0.25) is 5.02 Å². The summed E-state index contributed by atoms with van der Waals surface area (Å²) in [7, 11) is 0. The summed E-state index contributed by atoms with van der Waals surface area (Å²) in [6, 6.07) is 15.6. The van der Waals surface area contributed by atoms with Crippen molar-refractivity contribution in [2.24, 2.45) is 5.92 Å². The van der Waals surface area contributed by atoms with E-state index in [1.54, 1.807) is 6.33 Å². The molecule has 1 fully saturated rings. The van der Waals surface area contributed by atoms with Gasteiger partial charge in [0.15, 0.2) is 11.4 Å². The van der Waals surface area contributed by atoms with Crippen molar-refractivity contribution < 1.29 is 9.21 Å². The zero-order valence-corrected chi connectivity index (χ0v) is 17.8. The number of aromatic nitrogens is 2. The van der Waals surface area contributed by atoms with Gasteiger partial charge in [0.25, 0.3) is 0 Å². The Kier molecular flexibility index (Phi) is 5.47. The maximum atomic E-state index is 12.8. The van der Waals surface area contributed by atoms with Gasteiger partial charge in [0.05, 0.1) is 5.92 Å². The summed E-state index contributed by atoms with van der Waals surface area (Å²) in [4.78, 5) is 23.9. The number of nitrogens with one attached hydrogen (secondary N) is 1. The van der Waals surface area contributed by atoms with Gasteiger partial charge in [-0.1, -0.05) is 35.9 Å². The maximum absolute atomic E-state index is 12.8. The molecular weight excluding hydrogens is 412 g/mol. The Balaban J connectivity index is 1.28. The highest BCUT2D eigenvalue weighted by molar-refractivity contribution is 6.30. The third-order valence-corrected chi connectivity index (χ3v) is 6.11. The molecule has 1 atom stereocenters. The Morgan fingerprint density at radius 1 is 1.16 bits per heavy atom. The van der Waals surface area contributed by atoms with Crippen LogP contribution in [-0.2, 0) is 11.2 Å². The second-order valence-electron chi connectivity index (χ2n) is 7.93. The summed E-state index contributed by atoms with van der Waals surface area (Å²) in [6.45, 7) is 2.08. The van der Waals surface area contributed by atoms with Gasteiger partial charge in [0.1, 0.15) is 17.4 Å². The highest BCUT2D eigenvalue weighted by Gasteiger charge is 2.28. The zero-order chi connectivity index (χ0) is 21.2. The predicted molar refractivity (Wildman–Crippen MR) is 122 cm³/mol. The van der Waals surface area contributed by atoms with Gasteiger partial charge in [-0.15, -0.1) is 0 Å². The molecule has 1 aliphatic rings. The Morgan fingerprint density at radius 2 is 2.00 bits per heavy atom. The van der Waals surface area contributed by atoms with Crippen LogP contribution >= 0.6 is 11.6 Å². The molecule has 0 saturated carbocycles. The van der Waals surface area contributed by atoms with Crippen LogP contribution in [0.25, 0.3) is 22.1 Å². The number of halogens is 1. The average Bonchev–Trinajstić information content (AvgIpc) is 3.19. The first kappa shape index (κ1) is 19.8. The van der Waals surface area contributed by atoms with Crippen molar-refractivity contribution in [3.63, 3.8) is 0 Å². The van der Waals surface area contributed by atoms with Gasteiger partial charge < -0.3 is 14.6 Å². The molecule has 0 unspecified atom stereocenters. The average molecular weight is 435 g/mol. The van der Waals surface area contributed by atoms with Crippen molar-refractivity contribution in [1.29, 1.82) is 0 Å². The minimum atomic E-state index is -0.0756. The van der Waals surface area contributed by atoms with Crippen LogP contribution in [0.4, 0.5) is 5.82 Å². The monoisotopic (exact) mass is 434 g/mol. The van der Waals surface area contributed by atoms with Crippen molar-refractivity contribution in [3.05, 3.63) is 65.4 Å². The molecule has 0 radical (unpaired) electrons. The smallest absolute Gasteiger partial charge is 0.224 e. The largest absolute Gasteiger partial charge is 0.450 e. The van der Waals surface area contributed by atoms with Gasteiger partial charge in [-0.05, 0) is 49.1 Å². The maximum Gasteiger partial charge on any atom is 0.224 e. The highest BCUT2D eigenvalue weighted by atomic mass is 35.5. The van der Waals surface area contributed by atoms with Gasteiger partial charge in [-0.25, -0.2) is 9.97 Å². The second-order valence-corrected chi connectivity index (χ2v) is 8.36. The number of carbonyl (C=O) groups excluding carboxylic acids is 1. The highest BCUT2D eigenvalue weighted by Crippen LogP contribution is 2.33. The fourth-order valence-electron chi connectivity index (χ4n) is 4.25. The number of para-hydroxylation sites is 1. The van der Waals surface area contributed by atoms with E-state index in [9.17, 15) is 4.79 Å².